The summed E-state index contributed by atoms with van der Waals surface area (Å²) in [6.07, 6.45) is 0.897. The third-order valence-electron chi connectivity index (χ3n) is 2.64. The fourth-order valence-corrected chi connectivity index (χ4v) is 1.71. The van der Waals surface area contributed by atoms with Crippen molar-refractivity contribution >= 4 is 23.5 Å². The van der Waals surface area contributed by atoms with Gasteiger partial charge in [0.2, 0.25) is 11.9 Å². The van der Waals surface area contributed by atoms with Gasteiger partial charge in [-0.15, -0.1) is 0 Å². The molecule has 2 N–H and O–H groups in total. The van der Waals surface area contributed by atoms with Crippen LogP contribution < -0.4 is 15.4 Å². The number of hydrogen-bond acceptors (Lipinski definition) is 6. The van der Waals surface area contributed by atoms with Gasteiger partial charge in [0.25, 0.3) is 0 Å². The molecular weight excluding hydrogens is 290 g/mol. The summed E-state index contributed by atoms with van der Waals surface area (Å²) in [5, 5.41) is 6.75. The summed E-state index contributed by atoms with van der Waals surface area (Å²) in [6.45, 7) is 3.20. The maximum absolute atomic E-state index is 5.86. The zero-order valence-corrected chi connectivity index (χ0v) is 12.8. The molecule has 0 aliphatic rings. The second-order valence-corrected chi connectivity index (χ2v) is 4.78. The van der Waals surface area contributed by atoms with Gasteiger partial charge >= 0.3 is 6.01 Å². The van der Waals surface area contributed by atoms with E-state index < -0.39 is 0 Å². The van der Waals surface area contributed by atoms with E-state index in [4.69, 9.17) is 16.3 Å². The van der Waals surface area contributed by atoms with Crippen LogP contribution in [0.2, 0.25) is 5.02 Å². The molecule has 0 radical (unpaired) electrons. The van der Waals surface area contributed by atoms with Crippen molar-refractivity contribution in [2.75, 3.05) is 24.3 Å². The topological polar surface area (TPSA) is 72.0 Å². The fraction of sp³-hybridized carbons (Fsp3) is 0.357. The molecular formula is C14H18ClN5O. The Kier molecular flexibility index (Phi) is 5.57. The highest BCUT2D eigenvalue weighted by atomic mass is 35.5. The Bertz CT molecular complexity index is 576. The van der Waals surface area contributed by atoms with Crippen LogP contribution in [-0.2, 0) is 6.54 Å². The quantitative estimate of drug-likeness (QED) is 0.819. The lowest BCUT2D eigenvalue weighted by atomic mass is 10.2. The number of halogens is 1. The van der Waals surface area contributed by atoms with Gasteiger partial charge in [0.15, 0.2) is 0 Å². The van der Waals surface area contributed by atoms with Crippen LogP contribution in [0.5, 0.6) is 6.01 Å². The van der Waals surface area contributed by atoms with Crippen LogP contribution in [0.15, 0.2) is 24.3 Å². The van der Waals surface area contributed by atoms with Gasteiger partial charge in [0.1, 0.15) is 0 Å². The van der Waals surface area contributed by atoms with Crippen molar-refractivity contribution in [1.29, 1.82) is 0 Å². The van der Waals surface area contributed by atoms with E-state index in [1.54, 1.807) is 7.05 Å². The SMILES string of the molecule is CCCOc1nc(NC)nc(NCc2ccc(Cl)cc2)n1. The van der Waals surface area contributed by atoms with Crippen LogP contribution in [-0.4, -0.2) is 28.6 Å². The molecule has 2 aromatic rings. The highest BCUT2D eigenvalue weighted by Gasteiger charge is 2.06. The van der Waals surface area contributed by atoms with Crippen molar-refractivity contribution in [3.63, 3.8) is 0 Å². The van der Waals surface area contributed by atoms with Crippen LogP contribution >= 0.6 is 11.6 Å². The minimum absolute atomic E-state index is 0.315. The predicted molar refractivity (Wildman–Crippen MR) is 83.9 cm³/mol. The Labute approximate surface area is 128 Å². The number of anilines is 2. The standard InChI is InChI=1S/C14H18ClN5O/c1-3-8-21-14-19-12(16-2)18-13(20-14)17-9-10-4-6-11(15)7-5-10/h4-7H,3,8-9H2,1-2H3,(H2,16,17,18,19,20). The van der Waals surface area contributed by atoms with E-state index >= 15 is 0 Å². The van der Waals surface area contributed by atoms with Gasteiger partial charge in [-0.05, 0) is 24.1 Å². The van der Waals surface area contributed by atoms with Crippen LogP contribution in [0.25, 0.3) is 0 Å². The maximum Gasteiger partial charge on any atom is 0.323 e. The molecule has 0 aliphatic heterocycles. The van der Waals surface area contributed by atoms with E-state index in [-0.39, 0.29) is 0 Å². The molecule has 0 saturated carbocycles. The summed E-state index contributed by atoms with van der Waals surface area (Å²) in [5.41, 5.74) is 1.09. The summed E-state index contributed by atoms with van der Waals surface area (Å²) < 4.78 is 5.45. The first-order chi connectivity index (χ1) is 10.2. The summed E-state index contributed by atoms with van der Waals surface area (Å²) in [5.74, 6) is 0.935. The molecule has 0 aliphatic carbocycles. The van der Waals surface area contributed by atoms with Crippen LogP contribution in [0.4, 0.5) is 11.9 Å². The molecule has 21 heavy (non-hydrogen) atoms. The minimum atomic E-state index is 0.315. The molecule has 112 valence electrons. The molecule has 7 heteroatoms. The Morgan fingerprint density at radius 1 is 1.10 bits per heavy atom. The molecule has 2 rings (SSSR count). The molecule has 1 aromatic carbocycles. The fourth-order valence-electron chi connectivity index (χ4n) is 1.59. The molecule has 1 heterocycles. The van der Waals surface area contributed by atoms with Gasteiger partial charge in [0.05, 0.1) is 6.61 Å². The number of benzene rings is 1. The first-order valence-corrected chi connectivity index (χ1v) is 7.14. The summed E-state index contributed by atoms with van der Waals surface area (Å²) in [4.78, 5) is 12.6. The van der Waals surface area contributed by atoms with Crippen molar-refractivity contribution in [1.82, 2.24) is 15.0 Å². The normalized spacial score (nSPS) is 10.2. The molecule has 0 spiro atoms. The molecule has 0 unspecified atom stereocenters. The summed E-state index contributed by atoms with van der Waals surface area (Å²) in [7, 11) is 1.75. The van der Waals surface area contributed by atoms with Gasteiger partial charge in [-0.3, -0.25) is 0 Å². The molecule has 0 bridgehead atoms. The average molecular weight is 308 g/mol. The summed E-state index contributed by atoms with van der Waals surface area (Å²) >= 11 is 5.86. The lowest BCUT2D eigenvalue weighted by Gasteiger charge is -2.09. The molecule has 0 saturated heterocycles. The highest BCUT2D eigenvalue weighted by molar-refractivity contribution is 6.30. The number of ether oxygens (including phenoxy) is 1. The monoisotopic (exact) mass is 307 g/mol. The maximum atomic E-state index is 5.86. The Balaban J connectivity index is 2.05. The van der Waals surface area contributed by atoms with Gasteiger partial charge < -0.3 is 15.4 Å². The number of hydrogen-bond donors (Lipinski definition) is 2. The highest BCUT2D eigenvalue weighted by Crippen LogP contribution is 2.13. The largest absolute Gasteiger partial charge is 0.463 e. The van der Waals surface area contributed by atoms with Crippen LogP contribution in [0.1, 0.15) is 18.9 Å². The van der Waals surface area contributed by atoms with Crippen molar-refractivity contribution in [3.8, 4) is 6.01 Å². The van der Waals surface area contributed by atoms with E-state index in [2.05, 4.69) is 25.6 Å². The molecule has 6 nitrogen and oxygen atoms in total. The van der Waals surface area contributed by atoms with E-state index in [0.29, 0.717) is 36.1 Å². The third-order valence-corrected chi connectivity index (χ3v) is 2.89. The third kappa shape index (κ3) is 4.75. The predicted octanol–water partition coefficient (Wildman–Crippen LogP) is 2.97. The number of nitrogens with one attached hydrogen (secondary N) is 2. The van der Waals surface area contributed by atoms with Crippen molar-refractivity contribution in [2.24, 2.45) is 0 Å². The van der Waals surface area contributed by atoms with Gasteiger partial charge in [-0.2, -0.15) is 15.0 Å². The van der Waals surface area contributed by atoms with Gasteiger partial charge in [0, 0.05) is 18.6 Å². The van der Waals surface area contributed by atoms with Crippen LogP contribution in [0.3, 0.4) is 0 Å². The smallest absolute Gasteiger partial charge is 0.323 e. The lowest BCUT2D eigenvalue weighted by molar-refractivity contribution is 0.292. The zero-order chi connectivity index (χ0) is 15.1. The Morgan fingerprint density at radius 2 is 1.81 bits per heavy atom. The first-order valence-electron chi connectivity index (χ1n) is 6.76. The second-order valence-electron chi connectivity index (χ2n) is 4.34. The zero-order valence-electron chi connectivity index (χ0n) is 12.1. The van der Waals surface area contributed by atoms with E-state index in [1.165, 1.54) is 0 Å². The number of rotatable bonds is 7. The minimum Gasteiger partial charge on any atom is -0.463 e. The number of nitrogens with zero attached hydrogens (tertiary/aromatic N) is 3. The molecule has 0 atom stereocenters. The van der Waals surface area contributed by atoms with E-state index in [1.807, 2.05) is 31.2 Å². The van der Waals surface area contributed by atoms with Crippen LogP contribution in [0, 0.1) is 0 Å². The lowest BCUT2D eigenvalue weighted by Crippen LogP contribution is -2.09. The Hall–Kier alpha value is -2.08. The second kappa shape index (κ2) is 7.64. The van der Waals surface area contributed by atoms with Gasteiger partial charge in [-0.1, -0.05) is 30.7 Å². The van der Waals surface area contributed by atoms with Crippen molar-refractivity contribution in [2.45, 2.75) is 19.9 Å². The molecule has 0 amide bonds. The van der Waals surface area contributed by atoms with Gasteiger partial charge in [-0.25, -0.2) is 0 Å². The molecule has 1 aromatic heterocycles. The van der Waals surface area contributed by atoms with E-state index in [0.717, 1.165) is 12.0 Å². The Morgan fingerprint density at radius 3 is 2.48 bits per heavy atom. The summed E-state index contributed by atoms with van der Waals surface area (Å²) in [6, 6.07) is 7.91. The molecule has 0 fully saturated rings. The van der Waals surface area contributed by atoms with Crippen molar-refractivity contribution < 1.29 is 4.74 Å². The first kappa shape index (κ1) is 15.3. The average Bonchev–Trinajstić information content (AvgIpc) is 2.52. The van der Waals surface area contributed by atoms with Crippen molar-refractivity contribution in [3.05, 3.63) is 34.9 Å². The number of aromatic nitrogens is 3. The van der Waals surface area contributed by atoms with E-state index in [9.17, 15) is 0 Å².